The molecule has 4 atom stereocenters. The second kappa shape index (κ2) is 11.4. The maximum Gasteiger partial charge on any atom is 0.411 e. The number of amides is 2. The first-order valence-electron chi connectivity index (χ1n) is 14.2. The van der Waals surface area contributed by atoms with Crippen molar-refractivity contribution in [3.05, 3.63) is 64.4 Å². The molecule has 0 aliphatic heterocycles. The predicted molar refractivity (Wildman–Crippen MR) is 157 cm³/mol. The predicted octanol–water partition coefficient (Wildman–Crippen LogP) is 3.17. The normalized spacial score (nSPS) is 24.5. The van der Waals surface area contributed by atoms with E-state index in [1.54, 1.807) is 44.2 Å². The summed E-state index contributed by atoms with van der Waals surface area (Å²) in [4.78, 5) is 51.5. The second-order valence-electron chi connectivity index (χ2n) is 11.6. The van der Waals surface area contributed by atoms with E-state index in [1.165, 1.54) is 13.2 Å². The van der Waals surface area contributed by atoms with Gasteiger partial charge in [-0.15, -0.1) is 0 Å². The van der Waals surface area contributed by atoms with Crippen LogP contribution in [-0.4, -0.2) is 69.9 Å². The van der Waals surface area contributed by atoms with Crippen LogP contribution in [0.3, 0.4) is 0 Å². The molecule has 232 valence electrons. The van der Waals surface area contributed by atoms with Crippen molar-refractivity contribution in [1.29, 1.82) is 0 Å². The van der Waals surface area contributed by atoms with E-state index in [0.717, 1.165) is 0 Å². The summed E-state index contributed by atoms with van der Waals surface area (Å²) in [5, 5.41) is 47.6. The van der Waals surface area contributed by atoms with E-state index in [2.05, 4.69) is 5.32 Å². The minimum Gasteiger partial charge on any atom is -0.508 e. The summed E-state index contributed by atoms with van der Waals surface area (Å²) in [6, 6.07) is 9.83. The molecule has 3 aliphatic rings. The Bertz CT molecular complexity index is 1620. The number of Topliss-reactive ketones (excluding diaryl/α,β-unsaturated/α-hetero) is 2. The smallest absolute Gasteiger partial charge is 0.411 e. The molecular formula is C32H34N2O10. The molecule has 0 aromatic heterocycles. The van der Waals surface area contributed by atoms with Gasteiger partial charge >= 0.3 is 6.09 Å². The number of hydrogen-bond acceptors (Lipinski definition) is 10. The lowest BCUT2D eigenvalue weighted by Crippen LogP contribution is -2.62. The van der Waals surface area contributed by atoms with Gasteiger partial charge in [-0.1, -0.05) is 32.0 Å². The molecule has 0 heterocycles. The second-order valence-corrected chi connectivity index (χ2v) is 11.6. The number of phenolic OH excluding ortho intramolecular Hbond substituents is 1. The topological polar surface area (TPSA) is 206 Å². The highest BCUT2D eigenvalue weighted by Gasteiger charge is 2.64. The number of fused-ring (bicyclic) bond motifs is 3. The minimum atomic E-state index is -2.66. The fourth-order valence-electron chi connectivity index (χ4n) is 6.86. The molecule has 3 aliphatic carbocycles. The molecule has 2 amide bonds. The number of benzene rings is 2. The molecule has 5 rings (SSSR count). The maximum atomic E-state index is 14.0. The molecule has 0 radical (unpaired) electrons. The van der Waals surface area contributed by atoms with Crippen LogP contribution >= 0.6 is 0 Å². The van der Waals surface area contributed by atoms with E-state index in [0.29, 0.717) is 22.4 Å². The van der Waals surface area contributed by atoms with Gasteiger partial charge in [0.25, 0.3) is 5.91 Å². The number of carbonyl (C=O) groups is 4. The van der Waals surface area contributed by atoms with Crippen LogP contribution in [0.1, 0.15) is 31.4 Å². The van der Waals surface area contributed by atoms with Crippen molar-refractivity contribution in [1.82, 2.24) is 0 Å². The van der Waals surface area contributed by atoms with Crippen molar-refractivity contribution in [3.8, 4) is 16.9 Å². The first-order chi connectivity index (χ1) is 20.8. The van der Waals surface area contributed by atoms with Gasteiger partial charge in [-0.3, -0.25) is 19.7 Å². The highest BCUT2D eigenvalue weighted by molar-refractivity contribution is 6.23. The van der Waals surface area contributed by atoms with Gasteiger partial charge in [0, 0.05) is 30.2 Å². The molecule has 1 fully saturated rings. The Hall–Kier alpha value is -4.68. The van der Waals surface area contributed by atoms with Crippen molar-refractivity contribution < 1.29 is 49.1 Å². The number of ether oxygens (including phenoxy) is 2. The molecule has 1 saturated carbocycles. The van der Waals surface area contributed by atoms with Gasteiger partial charge in [0.1, 0.15) is 29.4 Å². The molecule has 7 N–H and O–H groups in total. The molecule has 0 saturated heterocycles. The zero-order valence-corrected chi connectivity index (χ0v) is 24.4. The summed E-state index contributed by atoms with van der Waals surface area (Å²) in [7, 11) is 1.49. The summed E-state index contributed by atoms with van der Waals surface area (Å²) in [6.07, 6.45) is -0.463. The molecule has 12 heteroatoms. The van der Waals surface area contributed by atoms with Gasteiger partial charge < -0.3 is 35.6 Å². The minimum absolute atomic E-state index is 0.000961. The van der Waals surface area contributed by atoms with Crippen LogP contribution in [0.4, 0.5) is 10.5 Å². The van der Waals surface area contributed by atoms with E-state index in [1.807, 2.05) is 0 Å². The summed E-state index contributed by atoms with van der Waals surface area (Å²) >= 11 is 0. The van der Waals surface area contributed by atoms with Crippen LogP contribution in [-0.2, 0) is 30.3 Å². The molecule has 44 heavy (non-hydrogen) atoms. The Labute approximate surface area is 252 Å². The average molecular weight is 607 g/mol. The zero-order chi connectivity index (χ0) is 32.1. The van der Waals surface area contributed by atoms with E-state index < -0.39 is 69.9 Å². The van der Waals surface area contributed by atoms with E-state index in [9.17, 15) is 39.6 Å². The number of rotatable bonds is 7. The van der Waals surface area contributed by atoms with Gasteiger partial charge in [-0.05, 0) is 59.6 Å². The summed E-state index contributed by atoms with van der Waals surface area (Å²) in [5.74, 6) is -8.23. The highest BCUT2D eigenvalue weighted by atomic mass is 16.6. The molecule has 12 nitrogen and oxygen atoms in total. The Morgan fingerprint density at radius 2 is 1.75 bits per heavy atom. The number of hydrogen-bond donors (Lipinski definition) is 6. The number of aliphatic hydroxyl groups excluding tert-OH is 2. The molecule has 2 aromatic rings. The number of methoxy groups -OCH3 is 1. The first-order valence-corrected chi connectivity index (χ1v) is 14.2. The van der Waals surface area contributed by atoms with Crippen LogP contribution < -0.4 is 11.1 Å². The average Bonchev–Trinajstić information content (AvgIpc) is 2.95. The van der Waals surface area contributed by atoms with Crippen LogP contribution in [0.2, 0.25) is 0 Å². The monoisotopic (exact) mass is 606 g/mol. The maximum absolute atomic E-state index is 14.0. The third kappa shape index (κ3) is 4.80. The lowest BCUT2D eigenvalue weighted by atomic mass is 9.54. The lowest BCUT2D eigenvalue weighted by molar-refractivity contribution is -0.155. The Morgan fingerprint density at radius 3 is 2.36 bits per heavy atom. The van der Waals surface area contributed by atoms with Crippen molar-refractivity contribution in [2.75, 3.05) is 25.6 Å². The quantitative estimate of drug-likeness (QED) is 0.200. The molecule has 0 bridgehead atoms. The number of aliphatic hydroxyl groups is 3. The Morgan fingerprint density at radius 1 is 1.07 bits per heavy atom. The van der Waals surface area contributed by atoms with E-state index in [-0.39, 0.29) is 42.9 Å². The van der Waals surface area contributed by atoms with Crippen molar-refractivity contribution in [2.24, 2.45) is 29.4 Å². The van der Waals surface area contributed by atoms with Crippen molar-refractivity contribution in [3.63, 3.8) is 0 Å². The Kier molecular flexibility index (Phi) is 8.00. The molecular weight excluding hydrogens is 572 g/mol. The summed E-state index contributed by atoms with van der Waals surface area (Å²) < 4.78 is 9.87. The van der Waals surface area contributed by atoms with Crippen LogP contribution in [0.25, 0.3) is 16.9 Å². The summed E-state index contributed by atoms with van der Waals surface area (Å²) in [5.41, 5.74) is 4.03. The van der Waals surface area contributed by atoms with E-state index >= 15 is 0 Å². The van der Waals surface area contributed by atoms with Crippen LogP contribution in [0, 0.1) is 23.7 Å². The number of anilines is 1. The van der Waals surface area contributed by atoms with Crippen LogP contribution in [0.5, 0.6) is 5.75 Å². The molecule has 2 aromatic carbocycles. The van der Waals surface area contributed by atoms with Gasteiger partial charge in [-0.2, -0.15) is 0 Å². The van der Waals surface area contributed by atoms with Crippen molar-refractivity contribution >= 4 is 35.0 Å². The number of aromatic hydroxyl groups is 1. The Balaban J connectivity index is 1.56. The number of nitrogens with two attached hydrogens (primary N) is 1. The highest BCUT2D eigenvalue weighted by Crippen LogP contribution is 2.55. The lowest BCUT2D eigenvalue weighted by Gasteiger charge is -2.50. The van der Waals surface area contributed by atoms with Gasteiger partial charge in [0.15, 0.2) is 11.4 Å². The zero-order valence-electron chi connectivity index (χ0n) is 24.4. The van der Waals surface area contributed by atoms with Gasteiger partial charge in [-0.25, -0.2) is 4.79 Å². The largest absolute Gasteiger partial charge is 0.508 e. The number of phenols is 1. The molecule has 0 unspecified atom stereocenters. The standard InChI is InChI=1S/C32H34N2O10/c1-14(2)22-20-13-16-12-19-18(15-4-6-17(7-5-15)34-31(41)44-11-10-43-3)8-9-21(35)24(19)27(37)23(16)28(38)32(20,42)29(39)25(26(22)36)30(33)40/h4-9,14,16,20,22,35,37,39,42H,10-13H2,1-3H3,(H2,33,40)(H,34,41)/t16-,20-,22-,32-/m0/s1. The third-order valence-electron chi connectivity index (χ3n) is 8.82. The SMILES string of the molecule is COCCOC(=O)Nc1ccc(-c2ccc(O)c3c2C[C@H]2C[C@H]4[C@H](C(C)C)C(=O)C(C(N)=O)=C(O)[C@@]4(O)C(=O)C2=C3O)cc1. The number of carbonyl (C=O) groups excluding carboxylic acids is 4. The number of primary amides is 1. The van der Waals surface area contributed by atoms with Crippen LogP contribution in [0.15, 0.2) is 53.3 Å². The summed E-state index contributed by atoms with van der Waals surface area (Å²) in [6.45, 7) is 3.77. The van der Waals surface area contributed by atoms with E-state index in [4.69, 9.17) is 15.2 Å². The van der Waals surface area contributed by atoms with Gasteiger partial charge in [0.05, 0.1) is 12.2 Å². The molecule has 0 spiro atoms. The van der Waals surface area contributed by atoms with Gasteiger partial charge in [0.2, 0.25) is 5.78 Å². The fraction of sp³-hybridized carbons (Fsp3) is 0.375. The van der Waals surface area contributed by atoms with Crippen molar-refractivity contribution in [2.45, 2.75) is 32.3 Å². The fourth-order valence-corrected chi connectivity index (χ4v) is 6.86. The number of nitrogens with one attached hydrogen (secondary N) is 1. The number of ketones is 2. The first kappa shape index (κ1) is 30.8. The third-order valence-corrected chi connectivity index (χ3v) is 8.82.